The van der Waals surface area contributed by atoms with Crippen LogP contribution in [0, 0.1) is 6.92 Å². The van der Waals surface area contributed by atoms with Gasteiger partial charge in [-0.2, -0.15) is 0 Å². The molecule has 0 bridgehead atoms. The number of nitrogens with two attached hydrogens (primary N) is 1. The van der Waals surface area contributed by atoms with Crippen LogP contribution in [0.2, 0.25) is 0 Å². The average Bonchev–Trinajstić information content (AvgIpc) is 2.73. The summed E-state index contributed by atoms with van der Waals surface area (Å²) >= 11 is 0. The summed E-state index contributed by atoms with van der Waals surface area (Å²) in [4.78, 5) is 17.1. The van der Waals surface area contributed by atoms with E-state index in [-0.39, 0.29) is 5.91 Å². The maximum absolute atomic E-state index is 12.8. The van der Waals surface area contributed by atoms with Crippen LogP contribution in [-0.2, 0) is 6.54 Å². The number of carbonyl (C=O) groups excluding carboxylic acids is 1. The van der Waals surface area contributed by atoms with E-state index in [2.05, 4.69) is 22.5 Å². The zero-order valence-electron chi connectivity index (χ0n) is 18.1. The number of aryl methyl sites for hydroxylation is 1. The lowest BCUT2D eigenvalue weighted by molar-refractivity contribution is 0.0950. The molecule has 0 aliphatic heterocycles. The quantitative estimate of drug-likeness (QED) is 0.250. The molecule has 4 nitrogen and oxygen atoms in total. The SMILES string of the molecule is C/C=C\C(=C/CCC=Cc1c(C)cccc1C(=O)NCc1ccccc1)N=C(C)N. The average molecular weight is 402 g/mol. The van der Waals surface area contributed by atoms with Gasteiger partial charge in [0.25, 0.3) is 5.91 Å². The van der Waals surface area contributed by atoms with Crippen molar-refractivity contribution in [2.24, 2.45) is 10.7 Å². The van der Waals surface area contributed by atoms with Crippen LogP contribution in [-0.4, -0.2) is 11.7 Å². The molecule has 0 spiro atoms. The molecule has 2 aromatic rings. The Bertz CT molecular complexity index is 949. The van der Waals surface area contributed by atoms with Gasteiger partial charge < -0.3 is 11.1 Å². The Balaban J connectivity index is 2.05. The molecule has 0 aliphatic rings. The molecule has 30 heavy (non-hydrogen) atoms. The van der Waals surface area contributed by atoms with Crippen molar-refractivity contribution >= 4 is 17.8 Å². The van der Waals surface area contributed by atoms with Crippen LogP contribution in [0.15, 0.2) is 83.5 Å². The van der Waals surface area contributed by atoms with Crippen molar-refractivity contribution < 1.29 is 4.79 Å². The normalized spacial score (nSPS) is 12.6. The minimum atomic E-state index is -0.0646. The minimum Gasteiger partial charge on any atom is -0.387 e. The van der Waals surface area contributed by atoms with Crippen LogP contribution in [0.4, 0.5) is 0 Å². The van der Waals surface area contributed by atoms with E-state index in [1.54, 1.807) is 6.92 Å². The molecule has 0 saturated carbocycles. The highest BCUT2D eigenvalue weighted by Gasteiger charge is 2.11. The summed E-state index contributed by atoms with van der Waals surface area (Å²) in [7, 11) is 0. The Morgan fingerprint density at radius 3 is 2.57 bits per heavy atom. The number of carbonyl (C=O) groups is 1. The Kier molecular flexibility index (Phi) is 9.32. The van der Waals surface area contributed by atoms with Gasteiger partial charge in [0.15, 0.2) is 0 Å². The molecule has 0 aliphatic carbocycles. The number of aliphatic imine (C=N–C) groups is 1. The highest BCUT2D eigenvalue weighted by molar-refractivity contribution is 5.98. The minimum absolute atomic E-state index is 0.0646. The zero-order chi connectivity index (χ0) is 21.8. The molecule has 0 saturated heterocycles. The number of nitrogens with zero attached hydrogens (tertiary/aromatic N) is 1. The van der Waals surface area contributed by atoms with Crippen LogP contribution in [0.5, 0.6) is 0 Å². The molecule has 3 N–H and O–H groups in total. The van der Waals surface area contributed by atoms with E-state index < -0.39 is 0 Å². The summed E-state index contributed by atoms with van der Waals surface area (Å²) in [6.45, 7) is 6.27. The predicted octanol–water partition coefficient (Wildman–Crippen LogP) is 5.56. The molecule has 2 rings (SSSR count). The number of rotatable bonds is 9. The van der Waals surface area contributed by atoms with Crippen LogP contribution in [0.3, 0.4) is 0 Å². The molecule has 0 radical (unpaired) electrons. The lowest BCUT2D eigenvalue weighted by Gasteiger charge is -2.10. The standard InChI is InChI=1S/C26H31N3O/c1-4-12-23(29-21(3)27)16-9-6-10-17-24-20(2)13-11-18-25(24)26(30)28-19-22-14-7-5-8-15-22/h4-5,7-8,10-18H,6,9,19H2,1-3H3,(H2,27,29)(H,28,30)/b12-4-,17-10?,23-16+. The Morgan fingerprint density at radius 1 is 1.10 bits per heavy atom. The monoisotopic (exact) mass is 401 g/mol. The number of nitrogens with one attached hydrogen (secondary N) is 1. The fourth-order valence-corrected chi connectivity index (χ4v) is 3.03. The topological polar surface area (TPSA) is 67.5 Å². The number of amidine groups is 1. The van der Waals surface area contributed by atoms with Gasteiger partial charge >= 0.3 is 0 Å². The van der Waals surface area contributed by atoms with Gasteiger partial charge in [0.05, 0.1) is 11.5 Å². The van der Waals surface area contributed by atoms with Gasteiger partial charge in [-0.05, 0) is 62.4 Å². The summed E-state index contributed by atoms with van der Waals surface area (Å²) in [5.41, 5.74) is 10.3. The predicted molar refractivity (Wildman–Crippen MR) is 127 cm³/mol. The van der Waals surface area contributed by atoms with Crippen molar-refractivity contribution in [2.75, 3.05) is 0 Å². The highest BCUT2D eigenvalue weighted by atomic mass is 16.1. The van der Waals surface area contributed by atoms with E-state index in [1.807, 2.05) is 80.6 Å². The Labute approximate surface area is 179 Å². The molecule has 4 heteroatoms. The molecule has 156 valence electrons. The summed E-state index contributed by atoms with van der Waals surface area (Å²) < 4.78 is 0. The maximum atomic E-state index is 12.8. The summed E-state index contributed by atoms with van der Waals surface area (Å²) in [6.07, 6.45) is 11.8. The van der Waals surface area contributed by atoms with Gasteiger partial charge in [-0.15, -0.1) is 0 Å². The molecule has 0 aromatic heterocycles. The number of unbranched alkanes of at least 4 members (excludes halogenated alkanes) is 1. The summed E-state index contributed by atoms with van der Waals surface area (Å²) in [5.74, 6) is 0.478. The van der Waals surface area contributed by atoms with Gasteiger partial charge in [-0.3, -0.25) is 4.79 Å². The number of benzene rings is 2. The first-order chi connectivity index (χ1) is 14.5. The van der Waals surface area contributed by atoms with Gasteiger partial charge in [-0.25, -0.2) is 4.99 Å². The van der Waals surface area contributed by atoms with E-state index in [1.165, 1.54) is 0 Å². The van der Waals surface area contributed by atoms with Crippen molar-refractivity contribution in [1.29, 1.82) is 0 Å². The van der Waals surface area contributed by atoms with E-state index in [0.29, 0.717) is 17.9 Å². The van der Waals surface area contributed by atoms with Crippen LogP contribution in [0.25, 0.3) is 6.08 Å². The number of hydrogen-bond acceptors (Lipinski definition) is 2. The lowest BCUT2D eigenvalue weighted by Crippen LogP contribution is -2.23. The summed E-state index contributed by atoms with van der Waals surface area (Å²) in [6, 6.07) is 15.7. The number of amides is 1. The van der Waals surface area contributed by atoms with E-state index in [4.69, 9.17) is 5.73 Å². The fraction of sp³-hybridized carbons (Fsp3) is 0.231. The second-order valence-electron chi connectivity index (χ2n) is 7.07. The van der Waals surface area contributed by atoms with Crippen LogP contribution >= 0.6 is 0 Å². The van der Waals surface area contributed by atoms with Crippen molar-refractivity contribution in [3.05, 3.63) is 101 Å². The van der Waals surface area contributed by atoms with E-state index in [0.717, 1.165) is 35.2 Å². The molecule has 0 atom stereocenters. The summed E-state index contributed by atoms with van der Waals surface area (Å²) in [5, 5.41) is 3.02. The third kappa shape index (κ3) is 7.55. The Hall–Kier alpha value is -3.40. The van der Waals surface area contributed by atoms with Crippen molar-refractivity contribution in [1.82, 2.24) is 5.32 Å². The fourth-order valence-electron chi connectivity index (χ4n) is 3.03. The third-order valence-electron chi connectivity index (χ3n) is 4.48. The van der Waals surface area contributed by atoms with E-state index >= 15 is 0 Å². The number of allylic oxidation sites excluding steroid dienone is 4. The van der Waals surface area contributed by atoms with Gasteiger partial charge in [-0.1, -0.05) is 66.8 Å². The van der Waals surface area contributed by atoms with Crippen LogP contribution in [0.1, 0.15) is 53.7 Å². The lowest BCUT2D eigenvalue weighted by atomic mass is 10.00. The smallest absolute Gasteiger partial charge is 0.252 e. The molecule has 1 amide bonds. The first-order valence-corrected chi connectivity index (χ1v) is 10.2. The molecular weight excluding hydrogens is 370 g/mol. The van der Waals surface area contributed by atoms with Gasteiger partial charge in [0.1, 0.15) is 0 Å². The zero-order valence-corrected chi connectivity index (χ0v) is 18.1. The third-order valence-corrected chi connectivity index (χ3v) is 4.48. The number of hydrogen-bond donors (Lipinski definition) is 2. The molecule has 0 heterocycles. The first-order valence-electron chi connectivity index (χ1n) is 10.2. The second kappa shape index (κ2) is 12.2. The molecule has 0 unspecified atom stereocenters. The van der Waals surface area contributed by atoms with E-state index in [9.17, 15) is 4.79 Å². The van der Waals surface area contributed by atoms with Gasteiger partial charge in [0.2, 0.25) is 0 Å². The second-order valence-corrected chi connectivity index (χ2v) is 7.07. The molecule has 2 aromatic carbocycles. The molecule has 0 fully saturated rings. The molecular formula is C26H31N3O. The van der Waals surface area contributed by atoms with Crippen LogP contribution < -0.4 is 11.1 Å². The van der Waals surface area contributed by atoms with Crippen molar-refractivity contribution in [3.63, 3.8) is 0 Å². The van der Waals surface area contributed by atoms with Gasteiger partial charge in [0, 0.05) is 12.1 Å². The Morgan fingerprint density at radius 2 is 1.87 bits per heavy atom. The highest BCUT2D eigenvalue weighted by Crippen LogP contribution is 2.17. The van der Waals surface area contributed by atoms with Crippen molar-refractivity contribution in [2.45, 2.75) is 40.2 Å². The van der Waals surface area contributed by atoms with Crippen molar-refractivity contribution in [3.8, 4) is 0 Å². The first kappa shape index (κ1) is 22.9. The maximum Gasteiger partial charge on any atom is 0.252 e. The largest absolute Gasteiger partial charge is 0.387 e.